The van der Waals surface area contributed by atoms with Gasteiger partial charge < -0.3 is 4.57 Å². The van der Waals surface area contributed by atoms with Crippen molar-refractivity contribution >= 4 is 54.1 Å². The van der Waals surface area contributed by atoms with Crippen LogP contribution in [0.25, 0.3) is 127 Å². The first-order valence-electron chi connectivity index (χ1n) is 22.9. The Morgan fingerprint density at radius 2 is 0.866 bits per heavy atom. The van der Waals surface area contributed by atoms with Crippen LogP contribution < -0.4 is 0 Å². The number of hydrogen-bond donors (Lipinski definition) is 0. The van der Waals surface area contributed by atoms with E-state index in [1.807, 2.05) is 0 Å². The number of rotatable bonds is 7. The van der Waals surface area contributed by atoms with Crippen LogP contribution in [-0.4, -0.2) is 14.5 Å². The Morgan fingerprint density at radius 3 is 1.70 bits per heavy atom. The van der Waals surface area contributed by atoms with Crippen molar-refractivity contribution in [1.29, 1.82) is 0 Å². The molecule has 3 heteroatoms. The van der Waals surface area contributed by atoms with Crippen LogP contribution >= 0.6 is 0 Å². The minimum atomic E-state index is 0.677. The number of aromatic nitrogens is 3. The maximum absolute atomic E-state index is 5.39. The van der Waals surface area contributed by atoms with Crippen LogP contribution in [0.3, 0.4) is 0 Å². The maximum atomic E-state index is 5.39. The molecule has 0 fully saturated rings. The van der Waals surface area contributed by atoms with Crippen molar-refractivity contribution in [2.75, 3.05) is 0 Å². The molecule has 0 saturated heterocycles. The fourth-order valence-corrected chi connectivity index (χ4v) is 10.2. The van der Waals surface area contributed by atoms with Gasteiger partial charge in [0.05, 0.1) is 22.4 Å². The Kier molecular flexibility index (Phi) is 9.17. The molecule has 13 aromatic rings. The lowest BCUT2D eigenvalue weighted by atomic mass is 9.89. The highest BCUT2D eigenvalue weighted by atomic mass is 15.0. The highest BCUT2D eigenvalue weighted by Gasteiger charge is 2.18. The van der Waals surface area contributed by atoms with Gasteiger partial charge in [0.1, 0.15) is 0 Å². The van der Waals surface area contributed by atoms with Crippen molar-refractivity contribution in [1.82, 2.24) is 14.5 Å². The van der Waals surface area contributed by atoms with E-state index < -0.39 is 0 Å². The fraction of sp³-hybridized carbons (Fsp3) is 0. The Balaban J connectivity index is 0.955. The summed E-state index contributed by atoms with van der Waals surface area (Å²) in [5.41, 5.74) is 15.2. The molecule has 0 aliphatic rings. The summed E-state index contributed by atoms with van der Waals surface area (Å²) in [5.74, 6) is 0.677. The molecule has 11 aromatic carbocycles. The summed E-state index contributed by atoms with van der Waals surface area (Å²) in [6.07, 6.45) is 0. The minimum absolute atomic E-state index is 0.677. The monoisotopic (exact) mass is 851 g/mol. The topological polar surface area (TPSA) is 30.7 Å². The Labute approximate surface area is 388 Å². The molecule has 0 spiro atoms. The lowest BCUT2D eigenvalue weighted by Crippen LogP contribution is -1.97. The van der Waals surface area contributed by atoms with Crippen LogP contribution in [-0.2, 0) is 0 Å². The first-order chi connectivity index (χ1) is 33.2. The van der Waals surface area contributed by atoms with Crippen LogP contribution in [0.2, 0.25) is 0 Å². The Hall–Kier alpha value is -8.92. The van der Waals surface area contributed by atoms with Crippen LogP contribution in [0, 0.1) is 0 Å². The predicted molar refractivity (Wildman–Crippen MR) is 282 cm³/mol. The van der Waals surface area contributed by atoms with Crippen molar-refractivity contribution < 1.29 is 0 Å². The second kappa shape index (κ2) is 16.0. The second-order valence-corrected chi connectivity index (χ2v) is 17.3. The lowest BCUT2D eigenvalue weighted by Gasteiger charge is -2.15. The van der Waals surface area contributed by atoms with Crippen molar-refractivity contribution in [3.05, 3.63) is 249 Å². The first-order valence-corrected chi connectivity index (χ1v) is 22.9. The molecule has 0 N–H and O–H groups in total. The SMILES string of the molecule is c1ccc(-c2ccccc2-c2cc(-c3cccc(-c4ccc5c(c4)c4ccccc4n5-c4ccccc4)c3)nc(-c3ccc(-c4c5ccccc5cc5c4ccc4ccccc45)cc3)n2)cc1. The van der Waals surface area contributed by atoms with Gasteiger partial charge in [-0.2, -0.15) is 0 Å². The second-order valence-electron chi connectivity index (χ2n) is 17.3. The van der Waals surface area contributed by atoms with E-state index in [4.69, 9.17) is 9.97 Å². The summed E-state index contributed by atoms with van der Waals surface area (Å²) in [6, 6.07) is 89.4. The van der Waals surface area contributed by atoms with E-state index in [-0.39, 0.29) is 0 Å². The standard InChI is InChI=1S/C64H41N3/c1-3-16-42(17-4-1)51-24-11-12-27-54(51)60-41-59(49-21-15-20-46(38-49)47-35-37-62-58(39-47)55-28-13-14-29-61(55)67(62)50-22-5-2-6-23-50)65-64(66-60)45-32-30-44(31-33-45)63-53-26-10-8-19-48(53)40-57-52-25-9-7-18-43(52)34-36-56(57)63/h1-41H. The molecule has 13 rings (SSSR count). The van der Waals surface area contributed by atoms with E-state index in [9.17, 15) is 0 Å². The summed E-state index contributed by atoms with van der Waals surface area (Å²) in [7, 11) is 0. The zero-order chi connectivity index (χ0) is 44.3. The van der Waals surface area contributed by atoms with Crippen molar-refractivity contribution in [2.45, 2.75) is 0 Å². The molecule has 312 valence electrons. The van der Waals surface area contributed by atoms with Gasteiger partial charge in [-0.15, -0.1) is 0 Å². The van der Waals surface area contributed by atoms with E-state index in [0.29, 0.717) is 5.82 Å². The smallest absolute Gasteiger partial charge is 0.160 e. The largest absolute Gasteiger partial charge is 0.309 e. The maximum Gasteiger partial charge on any atom is 0.160 e. The first kappa shape index (κ1) is 38.5. The van der Waals surface area contributed by atoms with Crippen LogP contribution in [0.15, 0.2) is 249 Å². The van der Waals surface area contributed by atoms with Gasteiger partial charge in [-0.1, -0.05) is 200 Å². The Bertz CT molecular complexity index is 4020. The molecule has 2 aromatic heterocycles. The van der Waals surface area contributed by atoms with E-state index in [2.05, 4.69) is 253 Å². The number of nitrogens with zero attached hydrogens (tertiary/aromatic N) is 3. The van der Waals surface area contributed by atoms with Crippen LogP contribution in [0.4, 0.5) is 0 Å². The third-order valence-corrected chi connectivity index (χ3v) is 13.4. The molecule has 0 saturated carbocycles. The van der Waals surface area contributed by atoms with Crippen LogP contribution in [0.1, 0.15) is 0 Å². The van der Waals surface area contributed by atoms with Crippen molar-refractivity contribution in [3.63, 3.8) is 0 Å². The van der Waals surface area contributed by atoms with E-state index >= 15 is 0 Å². The lowest BCUT2D eigenvalue weighted by molar-refractivity contribution is 1.18. The minimum Gasteiger partial charge on any atom is -0.309 e. The van der Waals surface area contributed by atoms with Crippen molar-refractivity contribution in [3.8, 4) is 73.0 Å². The third-order valence-electron chi connectivity index (χ3n) is 13.4. The van der Waals surface area contributed by atoms with E-state index in [1.54, 1.807) is 0 Å². The molecule has 0 unspecified atom stereocenters. The van der Waals surface area contributed by atoms with Crippen molar-refractivity contribution in [2.24, 2.45) is 0 Å². The van der Waals surface area contributed by atoms with Gasteiger partial charge in [0, 0.05) is 33.2 Å². The van der Waals surface area contributed by atoms with Gasteiger partial charge in [0.25, 0.3) is 0 Å². The summed E-state index contributed by atoms with van der Waals surface area (Å²) in [4.78, 5) is 10.8. The number of para-hydroxylation sites is 2. The van der Waals surface area contributed by atoms with Gasteiger partial charge >= 0.3 is 0 Å². The molecule has 0 amide bonds. The number of benzene rings is 11. The Morgan fingerprint density at radius 1 is 0.269 bits per heavy atom. The average Bonchev–Trinajstić information content (AvgIpc) is 3.74. The molecule has 0 atom stereocenters. The molecule has 67 heavy (non-hydrogen) atoms. The van der Waals surface area contributed by atoms with Gasteiger partial charge in [-0.3, -0.25) is 0 Å². The van der Waals surface area contributed by atoms with Gasteiger partial charge in [-0.05, 0) is 114 Å². The predicted octanol–water partition coefficient (Wildman–Crippen LogP) is 17.0. The highest BCUT2D eigenvalue weighted by molar-refractivity contribution is 6.20. The molecule has 0 aliphatic carbocycles. The molecule has 0 bridgehead atoms. The summed E-state index contributed by atoms with van der Waals surface area (Å²) < 4.78 is 2.36. The van der Waals surface area contributed by atoms with Gasteiger partial charge in [-0.25, -0.2) is 9.97 Å². The van der Waals surface area contributed by atoms with Gasteiger partial charge in [0.15, 0.2) is 5.82 Å². The molecular formula is C64H41N3. The normalized spacial score (nSPS) is 11.6. The summed E-state index contributed by atoms with van der Waals surface area (Å²) in [5, 5.41) is 9.92. The molecule has 3 nitrogen and oxygen atoms in total. The summed E-state index contributed by atoms with van der Waals surface area (Å²) in [6.45, 7) is 0. The summed E-state index contributed by atoms with van der Waals surface area (Å²) >= 11 is 0. The highest BCUT2D eigenvalue weighted by Crippen LogP contribution is 2.41. The molecule has 0 radical (unpaired) electrons. The number of fused-ring (bicyclic) bond motifs is 7. The van der Waals surface area contributed by atoms with E-state index in [1.165, 1.54) is 59.7 Å². The fourth-order valence-electron chi connectivity index (χ4n) is 10.2. The van der Waals surface area contributed by atoms with E-state index in [0.717, 1.165) is 61.6 Å². The number of hydrogen-bond acceptors (Lipinski definition) is 2. The van der Waals surface area contributed by atoms with Gasteiger partial charge in [0.2, 0.25) is 0 Å². The molecule has 0 aliphatic heterocycles. The average molecular weight is 852 g/mol. The molecule has 2 heterocycles. The van der Waals surface area contributed by atoms with Crippen LogP contribution in [0.5, 0.6) is 0 Å². The zero-order valence-electron chi connectivity index (χ0n) is 36.5. The quantitative estimate of drug-likeness (QED) is 0.118. The molecular weight excluding hydrogens is 811 g/mol. The third kappa shape index (κ3) is 6.67. The zero-order valence-corrected chi connectivity index (χ0v) is 36.5.